The zero-order chi connectivity index (χ0) is 16.2. The largest absolute Gasteiger partial charge is 0.326 e. The second-order valence-electron chi connectivity index (χ2n) is 4.78. The van der Waals surface area contributed by atoms with Gasteiger partial charge in [-0.2, -0.15) is 0 Å². The summed E-state index contributed by atoms with van der Waals surface area (Å²) in [4.78, 5) is 12.2. The summed E-state index contributed by atoms with van der Waals surface area (Å²) in [7, 11) is -3.21. The van der Waals surface area contributed by atoms with Crippen molar-refractivity contribution in [2.45, 2.75) is 18.2 Å². The Kier molecular flexibility index (Phi) is 5.21. The number of amides is 1. The molecule has 0 unspecified atom stereocenters. The molecule has 2 aromatic rings. The van der Waals surface area contributed by atoms with E-state index in [9.17, 15) is 13.2 Å². The molecular formula is C16H16ClNO3S. The minimum atomic E-state index is -3.21. The topological polar surface area (TPSA) is 63.2 Å². The third-order valence-electron chi connectivity index (χ3n) is 3.14. The van der Waals surface area contributed by atoms with Crippen LogP contribution in [0, 0.1) is 0 Å². The zero-order valence-corrected chi connectivity index (χ0v) is 13.6. The monoisotopic (exact) mass is 337 g/mol. The van der Waals surface area contributed by atoms with Gasteiger partial charge in [0.2, 0.25) is 5.91 Å². The lowest BCUT2D eigenvalue weighted by Gasteiger charge is -2.07. The minimum Gasteiger partial charge on any atom is -0.326 e. The van der Waals surface area contributed by atoms with Crippen LogP contribution in [0.4, 0.5) is 5.69 Å². The highest BCUT2D eigenvalue weighted by Gasteiger charge is 2.11. The lowest BCUT2D eigenvalue weighted by molar-refractivity contribution is -0.115. The van der Waals surface area contributed by atoms with Gasteiger partial charge >= 0.3 is 0 Å². The van der Waals surface area contributed by atoms with Crippen molar-refractivity contribution >= 4 is 33.0 Å². The summed E-state index contributed by atoms with van der Waals surface area (Å²) >= 11 is 5.85. The van der Waals surface area contributed by atoms with Gasteiger partial charge in [-0.25, -0.2) is 8.42 Å². The third kappa shape index (κ3) is 4.32. The summed E-state index contributed by atoms with van der Waals surface area (Å²) in [5.41, 5.74) is 1.37. The van der Waals surface area contributed by atoms with E-state index in [4.69, 9.17) is 11.6 Å². The number of sulfone groups is 1. The number of anilines is 1. The summed E-state index contributed by atoms with van der Waals surface area (Å²) in [5.74, 6) is -0.130. The van der Waals surface area contributed by atoms with Gasteiger partial charge in [0, 0.05) is 10.7 Å². The Balaban J connectivity index is 2.03. The van der Waals surface area contributed by atoms with Crippen molar-refractivity contribution in [1.82, 2.24) is 0 Å². The van der Waals surface area contributed by atoms with Crippen molar-refractivity contribution in [3.8, 4) is 0 Å². The first-order valence-electron chi connectivity index (χ1n) is 6.78. The van der Waals surface area contributed by atoms with Crippen molar-refractivity contribution in [3.05, 3.63) is 59.1 Å². The van der Waals surface area contributed by atoms with Crippen LogP contribution in [-0.2, 0) is 21.1 Å². The maximum absolute atomic E-state index is 12.0. The van der Waals surface area contributed by atoms with Gasteiger partial charge < -0.3 is 5.32 Å². The first-order valence-corrected chi connectivity index (χ1v) is 8.81. The molecule has 0 saturated carbocycles. The molecule has 0 spiro atoms. The number of carbonyl (C=O) groups is 1. The smallest absolute Gasteiger partial charge is 0.228 e. The molecule has 1 N–H and O–H groups in total. The Morgan fingerprint density at radius 2 is 1.82 bits per heavy atom. The van der Waals surface area contributed by atoms with Gasteiger partial charge in [0.05, 0.1) is 17.1 Å². The molecule has 22 heavy (non-hydrogen) atoms. The lowest BCUT2D eigenvalue weighted by atomic mass is 10.1. The van der Waals surface area contributed by atoms with E-state index in [1.807, 2.05) is 0 Å². The van der Waals surface area contributed by atoms with E-state index < -0.39 is 9.84 Å². The number of hydrogen-bond donors (Lipinski definition) is 1. The summed E-state index contributed by atoms with van der Waals surface area (Å²) in [6, 6.07) is 13.3. The van der Waals surface area contributed by atoms with Gasteiger partial charge in [-0.15, -0.1) is 0 Å². The van der Waals surface area contributed by atoms with Crippen LogP contribution < -0.4 is 5.32 Å². The predicted octanol–water partition coefficient (Wildman–Crippen LogP) is 3.31. The van der Waals surface area contributed by atoms with Crippen LogP contribution in [0.1, 0.15) is 12.5 Å². The van der Waals surface area contributed by atoms with Gasteiger partial charge in [0.1, 0.15) is 0 Å². The first-order chi connectivity index (χ1) is 10.4. The molecule has 4 nitrogen and oxygen atoms in total. The molecular weight excluding hydrogens is 322 g/mol. The van der Waals surface area contributed by atoms with E-state index >= 15 is 0 Å². The van der Waals surface area contributed by atoms with Crippen molar-refractivity contribution in [2.75, 3.05) is 11.1 Å². The van der Waals surface area contributed by atoms with Crippen LogP contribution in [0.25, 0.3) is 0 Å². The Morgan fingerprint density at radius 1 is 1.14 bits per heavy atom. The average Bonchev–Trinajstić information content (AvgIpc) is 2.47. The van der Waals surface area contributed by atoms with Crippen LogP contribution in [-0.4, -0.2) is 20.1 Å². The molecule has 0 aromatic heterocycles. The molecule has 0 fully saturated rings. The highest BCUT2D eigenvalue weighted by Crippen LogP contribution is 2.16. The predicted molar refractivity (Wildman–Crippen MR) is 88.0 cm³/mol. The third-order valence-corrected chi connectivity index (χ3v) is 5.12. The van der Waals surface area contributed by atoms with Gasteiger partial charge in [0.25, 0.3) is 0 Å². The Bertz CT molecular complexity index is 770. The minimum absolute atomic E-state index is 0.0571. The van der Waals surface area contributed by atoms with E-state index in [1.165, 1.54) is 12.1 Å². The zero-order valence-electron chi connectivity index (χ0n) is 12.0. The summed E-state index contributed by atoms with van der Waals surface area (Å²) < 4.78 is 23.4. The Hall–Kier alpha value is -1.85. The average molecular weight is 338 g/mol. The van der Waals surface area contributed by atoms with E-state index in [0.29, 0.717) is 10.7 Å². The molecule has 0 aliphatic carbocycles. The molecule has 0 bridgehead atoms. The molecule has 1 amide bonds. The Labute approximate surface area is 135 Å². The number of rotatable bonds is 5. The molecule has 0 atom stereocenters. The van der Waals surface area contributed by atoms with Crippen LogP contribution in [0.3, 0.4) is 0 Å². The summed E-state index contributed by atoms with van der Waals surface area (Å²) in [6.07, 6.45) is 0.166. The van der Waals surface area contributed by atoms with E-state index in [0.717, 1.165) is 5.56 Å². The molecule has 0 heterocycles. The highest BCUT2D eigenvalue weighted by atomic mass is 35.5. The van der Waals surface area contributed by atoms with Crippen molar-refractivity contribution in [1.29, 1.82) is 0 Å². The summed E-state index contributed by atoms with van der Waals surface area (Å²) in [6.45, 7) is 1.60. The van der Waals surface area contributed by atoms with Gasteiger partial charge in [-0.1, -0.05) is 36.7 Å². The molecule has 0 aliphatic heterocycles. The van der Waals surface area contributed by atoms with Gasteiger partial charge in [-0.3, -0.25) is 4.79 Å². The number of nitrogens with one attached hydrogen (secondary N) is 1. The van der Waals surface area contributed by atoms with E-state index in [1.54, 1.807) is 43.3 Å². The first kappa shape index (κ1) is 16.5. The van der Waals surface area contributed by atoms with Crippen LogP contribution in [0.15, 0.2) is 53.4 Å². The van der Waals surface area contributed by atoms with Crippen molar-refractivity contribution < 1.29 is 13.2 Å². The van der Waals surface area contributed by atoms with Crippen molar-refractivity contribution in [3.63, 3.8) is 0 Å². The fraction of sp³-hybridized carbons (Fsp3) is 0.188. The van der Waals surface area contributed by atoms with E-state index in [2.05, 4.69) is 5.32 Å². The normalized spacial score (nSPS) is 11.2. The molecule has 0 radical (unpaired) electrons. The van der Waals surface area contributed by atoms with Crippen LogP contribution >= 0.6 is 11.6 Å². The molecule has 2 rings (SSSR count). The maximum Gasteiger partial charge on any atom is 0.228 e. The maximum atomic E-state index is 12.0. The number of hydrogen-bond acceptors (Lipinski definition) is 3. The van der Waals surface area contributed by atoms with E-state index in [-0.39, 0.29) is 23.0 Å². The number of halogens is 1. The quantitative estimate of drug-likeness (QED) is 0.910. The van der Waals surface area contributed by atoms with Crippen LogP contribution in [0.5, 0.6) is 0 Å². The molecule has 116 valence electrons. The number of benzene rings is 2. The fourth-order valence-corrected chi connectivity index (χ4v) is 3.01. The van der Waals surface area contributed by atoms with Gasteiger partial charge in [0.15, 0.2) is 9.84 Å². The molecule has 6 heteroatoms. The summed E-state index contributed by atoms with van der Waals surface area (Å²) in [5, 5.41) is 3.29. The lowest BCUT2D eigenvalue weighted by Crippen LogP contribution is -2.14. The molecule has 0 aliphatic rings. The Morgan fingerprint density at radius 3 is 2.41 bits per heavy atom. The van der Waals surface area contributed by atoms with Crippen LogP contribution in [0.2, 0.25) is 5.02 Å². The highest BCUT2D eigenvalue weighted by molar-refractivity contribution is 7.91. The second kappa shape index (κ2) is 6.94. The standard InChI is InChI=1S/C16H16ClNO3S/c1-2-22(20,21)15-8-6-12(7-9-15)10-16(19)18-14-5-3-4-13(17)11-14/h3-9,11H,2,10H2,1H3,(H,18,19). The molecule has 2 aromatic carbocycles. The van der Waals surface area contributed by atoms with Gasteiger partial charge in [-0.05, 0) is 35.9 Å². The fourth-order valence-electron chi connectivity index (χ4n) is 1.94. The second-order valence-corrected chi connectivity index (χ2v) is 7.50. The number of carbonyl (C=O) groups excluding carboxylic acids is 1. The SMILES string of the molecule is CCS(=O)(=O)c1ccc(CC(=O)Nc2cccc(Cl)c2)cc1. The van der Waals surface area contributed by atoms with Crippen molar-refractivity contribution in [2.24, 2.45) is 0 Å². The molecule has 0 saturated heterocycles.